The molecule has 0 aliphatic heterocycles. The number of nitrogens with one attached hydrogen (secondary N) is 1. The molecule has 6 nitrogen and oxygen atoms in total. The number of aryl methyl sites for hydroxylation is 1. The Kier molecular flexibility index (Phi) is 10.6. The zero-order valence-corrected chi connectivity index (χ0v) is 25.0. The van der Waals surface area contributed by atoms with Gasteiger partial charge in [0.05, 0.1) is 12.7 Å². The van der Waals surface area contributed by atoms with Crippen LogP contribution < -0.4 is 10.1 Å². The van der Waals surface area contributed by atoms with Crippen molar-refractivity contribution in [1.82, 2.24) is 10.2 Å². The number of benzene rings is 3. The van der Waals surface area contributed by atoms with E-state index < -0.39 is 0 Å². The number of esters is 1. The third-order valence-corrected chi connectivity index (χ3v) is 7.43. The minimum absolute atomic E-state index is 0.0417. The molecule has 1 aliphatic carbocycles. The summed E-state index contributed by atoms with van der Waals surface area (Å²) in [6.07, 6.45) is 5.90. The molecule has 8 heteroatoms. The van der Waals surface area contributed by atoms with Crippen molar-refractivity contribution in [1.29, 1.82) is 0 Å². The highest BCUT2D eigenvalue weighted by molar-refractivity contribution is 6.36. The number of halogens is 2. The molecule has 3 aromatic rings. The Morgan fingerprint density at radius 3 is 2.44 bits per heavy atom. The average molecular weight is 594 g/mol. The van der Waals surface area contributed by atoms with Gasteiger partial charge in [0, 0.05) is 43.3 Å². The summed E-state index contributed by atoms with van der Waals surface area (Å²) in [7, 11) is 4.84. The van der Waals surface area contributed by atoms with Crippen LogP contribution in [-0.2, 0) is 16.0 Å². The Labute approximate surface area is 251 Å². The van der Waals surface area contributed by atoms with Crippen LogP contribution in [0.5, 0.6) is 5.75 Å². The molecule has 0 unspecified atom stereocenters. The van der Waals surface area contributed by atoms with E-state index in [0.29, 0.717) is 35.3 Å². The van der Waals surface area contributed by atoms with Gasteiger partial charge in [0.15, 0.2) is 0 Å². The number of methoxy groups -OCH3 is 1. The van der Waals surface area contributed by atoms with Crippen molar-refractivity contribution < 1.29 is 19.1 Å². The topological polar surface area (TPSA) is 67.9 Å². The molecular weight excluding hydrogens is 559 g/mol. The van der Waals surface area contributed by atoms with Crippen LogP contribution in [0, 0.1) is 0 Å². The number of allylic oxidation sites excluding steroid dienone is 1. The average Bonchev–Trinajstić information content (AvgIpc) is 3.15. The van der Waals surface area contributed by atoms with Gasteiger partial charge in [-0.2, -0.15) is 0 Å². The van der Waals surface area contributed by atoms with E-state index in [4.69, 9.17) is 32.7 Å². The minimum atomic E-state index is -0.349. The summed E-state index contributed by atoms with van der Waals surface area (Å²) in [5, 5.41) is 4.43. The quantitative estimate of drug-likeness (QED) is 0.161. The highest BCUT2D eigenvalue weighted by atomic mass is 35.5. The first kappa shape index (κ1) is 30.4. The molecule has 0 atom stereocenters. The predicted molar refractivity (Wildman–Crippen MR) is 166 cm³/mol. The van der Waals surface area contributed by atoms with Crippen LogP contribution in [-0.4, -0.2) is 57.7 Å². The van der Waals surface area contributed by atoms with E-state index in [1.54, 1.807) is 32.3 Å². The molecule has 0 aromatic heterocycles. The fourth-order valence-electron chi connectivity index (χ4n) is 4.82. The van der Waals surface area contributed by atoms with E-state index in [2.05, 4.69) is 17.4 Å². The molecule has 0 saturated carbocycles. The normalized spacial score (nSPS) is 13.1. The van der Waals surface area contributed by atoms with Crippen LogP contribution in [0.2, 0.25) is 10.0 Å². The van der Waals surface area contributed by atoms with E-state index in [-0.39, 0.29) is 11.9 Å². The zero-order valence-electron chi connectivity index (χ0n) is 23.5. The Hall–Kier alpha value is -3.58. The van der Waals surface area contributed by atoms with Gasteiger partial charge >= 0.3 is 5.97 Å². The molecular formula is C33H34Cl2N2O4. The summed E-state index contributed by atoms with van der Waals surface area (Å²) in [6.45, 7) is 1.72. The molecule has 0 saturated heterocycles. The van der Waals surface area contributed by atoms with Gasteiger partial charge in [0.2, 0.25) is 5.91 Å². The lowest BCUT2D eigenvalue weighted by Gasteiger charge is -2.18. The number of amides is 1. The molecule has 1 amide bonds. The first-order chi connectivity index (χ1) is 19.8. The Bertz CT molecular complexity index is 1460. The lowest BCUT2D eigenvalue weighted by atomic mass is 9.87. The van der Waals surface area contributed by atoms with Gasteiger partial charge in [-0.15, -0.1) is 0 Å². The number of fused-ring (bicyclic) bond motifs is 1. The molecule has 0 heterocycles. The third-order valence-electron chi connectivity index (χ3n) is 6.88. The van der Waals surface area contributed by atoms with Crippen LogP contribution in [0.25, 0.3) is 11.1 Å². The number of carbonyl (C=O) groups is 2. The molecule has 1 N–H and O–H groups in total. The second kappa shape index (κ2) is 14.4. The smallest absolute Gasteiger partial charge is 0.337 e. The Morgan fingerprint density at radius 1 is 0.976 bits per heavy atom. The largest absolute Gasteiger partial charge is 0.492 e. The van der Waals surface area contributed by atoms with E-state index in [1.165, 1.54) is 12.0 Å². The molecule has 0 fully saturated rings. The molecule has 0 bridgehead atoms. The number of hydrogen-bond donors (Lipinski definition) is 1. The maximum Gasteiger partial charge on any atom is 0.337 e. The standard InChI is InChI=1S/C33H34Cl2N2O4/c1-37(2)31(38)8-5-17-36-18-19-41-26-13-9-22(10-14-26)32-27-15-11-24(33(39)40-3)20-23(27)6-4-7-29(32)28-16-12-25(34)21-30(28)35/h5,8-16,20-21,36H,4,6-7,17-19H2,1-3H3. The number of carbonyl (C=O) groups excluding carboxylic acids is 2. The molecule has 214 valence electrons. The van der Waals surface area contributed by atoms with Crippen molar-refractivity contribution in [2.75, 3.05) is 40.9 Å². The van der Waals surface area contributed by atoms with E-state index in [0.717, 1.165) is 58.4 Å². The first-order valence-electron chi connectivity index (χ1n) is 13.5. The van der Waals surface area contributed by atoms with Crippen LogP contribution in [0.4, 0.5) is 0 Å². The lowest BCUT2D eigenvalue weighted by Crippen LogP contribution is -2.22. The Balaban J connectivity index is 1.58. The summed E-state index contributed by atoms with van der Waals surface area (Å²) in [5.74, 6) is 0.369. The maximum atomic E-state index is 12.2. The predicted octanol–water partition coefficient (Wildman–Crippen LogP) is 6.69. The number of likely N-dealkylation sites (N-methyl/N-ethyl adjacent to an activating group) is 1. The molecule has 1 aliphatic rings. The SMILES string of the molecule is COC(=O)c1ccc2c(c1)CCCC(c1ccc(Cl)cc1Cl)=C2c1ccc(OCCNCC=CC(=O)N(C)C)cc1. The second-order valence-electron chi connectivity index (χ2n) is 9.91. The molecule has 3 aromatic carbocycles. The summed E-state index contributed by atoms with van der Waals surface area (Å²) in [4.78, 5) is 25.4. The summed E-state index contributed by atoms with van der Waals surface area (Å²) in [6, 6.07) is 19.4. The number of nitrogens with zero attached hydrogens (tertiary/aromatic N) is 1. The van der Waals surface area contributed by atoms with Crippen molar-refractivity contribution in [2.45, 2.75) is 19.3 Å². The second-order valence-corrected chi connectivity index (χ2v) is 10.8. The number of hydrogen-bond acceptors (Lipinski definition) is 5. The van der Waals surface area contributed by atoms with E-state index >= 15 is 0 Å². The van der Waals surface area contributed by atoms with Gasteiger partial charge in [-0.3, -0.25) is 4.79 Å². The fourth-order valence-corrected chi connectivity index (χ4v) is 5.34. The van der Waals surface area contributed by atoms with Gasteiger partial charge in [-0.05, 0) is 89.1 Å². The highest BCUT2D eigenvalue weighted by Gasteiger charge is 2.23. The molecule has 4 rings (SSSR count). The van der Waals surface area contributed by atoms with Crippen LogP contribution >= 0.6 is 23.2 Å². The molecule has 0 spiro atoms. The van der Waals surface area contributed by atoms with Crippen LogP contribution in [0.15, 0.2) is 72.8 Å². The van der Waals surface area contributed by atoms with Crippen molar-refractivity contribution >= 4 is 46.2 Å². The summed E-state index contributed by atoms with van der Waals surface area (Å²) >= 11 is 12.9. The van der Waals surface area contributed by atoms with Gasteiger partial charge in [0.1, 0.15) is 12.4 Å². The van der Waals surface area contributed by atoms with Gasteiger partial charge < -0.3 is 19.7 Å². The van der Waals surface area contributed by atoms with Crippen molar-refractivity contribution in [3.05, 3.63) is 111 Å². The maximum absolute atomic E-state index is 12.2. The minimum Gasteiger partial charge on any atom is -0.492 e. The molecule has 0 radical (unpaired) electrons. The monoisotopic (exact) mass is 592 g/mol. The van der Waals surface area contributed by atoms with Crippen molar-refractivity contribution in [2.24, 2.45) is 0 Å². The third kappa shape index (κ3) is 7.79. The summed E-state index contributed by atoms with van der Waals surface area (Å²) in [5.41, 5.74) is 6.88. The van der Waals surface area contributed by atoms with E-state index in [1.807, 2.05) is 42.5 Å². The number of ether oxygens (including phenoxy) is 2. The van der Waals surface area contributed by atoms with Crippen molar-refractivity contribution in [3.8, 4) is 5.75 Å². The van der Waals surface area contributed by atoms with Gasteiger partial charge in [-0.25, -0.2) is 4.79 Å². The molecule has 41 heavy (non-hydrogen) atoms. The van der Waals surface area contributed by atoms with Gasteiger partial charge in [-0.1, -0.05) is 53.5 Å². The van der Waals surface area contributed by atoms with E-state index in [9.17, 15) is 9.59 Å². The van der Waals surface area contributed by atoms with Crippen LogP contribution in [0.3, 0.4) is 0 Å². The first-order valence-corrected chi connectivity index (χ1v) is 14.3. The van der Waals surface area contributed by atoms with Crippen molar-refractivity contribution in [3.63, 3.8) is 0 Å². The zero-order chi connectivity index (χ0) is 29.4. The van der Waals surface area contributed by atoms with Crippen LogP contribution in [0.1, 0.15) is 45.5 Å². The fraction of sp³-hybridized carbons (Fsp3) is 0.273. The summed E-state index contributed by atoms with van der Waals surface area (Å²) < 4.78 is 10.9. The Morgan fingerprint density at radius 2 is 1.73 bits per heavy atom. The van der Waals surface area contributed by atoms with Gasteiger partial charge in [0.25, 0.3) is 0 Å². The highest BCUT2D eigenvalue weighted by Crippen LogP contribution is 2.42. The number of rotatable bonds is 10. The lowest BCUT2D eigenvalue weighted by molar-refractivity contribution is -0.123.